The van der Waals surface area contributed by atoms with E-state index in [0.29, 0.717) is 11.1 Å². The van der Waals surface area contributed by atoms with Crippen LogP contribution in [-0.4, -0.2) is 25.1 Å². The minimum absolute atomic E-state index is 0.275. The van der Waals surface area contributed by atoms with E-state index < -0.39 is 48.2 Å². The molecule has 0 aliphatic carbocycles. The van der Waals surface area contributed by atoms with Crippen LogP contribution in [0.15, 0.2) is 30.3 Å². The lowest BCUT2D eigenvalue weighted by Crippen LogP contribution is -2.24. The van der Waals surface area contributed by atoms with Crippen molar-refractivity contribution in [2.24, 2.45) is 0 Å². The van der Waals surface area contributed by atoms with Gasteiger partial charge in [0.2, 0.25) is 0 Å². The third-order valence-electron chi connectivity index (χ3n) is 3.11. The zero-order valence-electron chi connectivity index (χ0n) is 13.4. The van der Waals surface area contributed by atoms with E-state index in [2.05, 4.69) is 4.74 Å². The molecule has 0 aromatic heterocycles. The first-order chi connectivity index (χ1) is 12.3. The first-order valence-electron chi connectivity index (χ1n) is 7.26. The number of esters is 1. The Hall–Kier alpha value is -2.74. The first-order valence-corrected chi connectivity index (χ1v) is 7.63. The zero-order valence-corrected chi connectivity index (χ0v) is 14.2. The highest BCUT2D eigenvalue weighted by molar-refractivity contribution is 6.32. The number of anilines is 1. The van der Waals surface area contributed by atoms with Gasteiger partial charge in [-0.3, -0.25) is 4.79 Å². The van der Waals surface area contributed by atoms with Gasteiger partial charge in [0.05, 0.1) is 10.7 Å². The van der Waals surface area contributed by atoms with Gasteiger partial charge in [0.1, 0.15) is 5.75 Å². The molecule has 0 aliphatic rings. The van der Waals surface area contributed by atoms with Gasteiger partial charge in [-0.1, -0.05) is 17.7 Å². The van der Waals surface area contributed by atoms with Crippen molar-refractivity contribution in [2.45, 2.75) is 6.92 Å². The average molecular weight is 388 g/mol. The standard InChI is InChI=1S/C17H13ClF3NO4/c1-9-2-3-10(18)13(6-9)25-8-15(24)26-7-14(23)22-12-5-4-11(19)16(20)17(12)21/h2-6H,7-8H2,1H3,(H,22,23). The predicted octanol–water partition coefficient (Wildman–Crippen LogP) is 3.63. The highest BCUT2D eigenvalue weighted by Crippen LogP contribution is 2.25. The van der Waals surface area contributed by atoms with Crippen molar-refractivity contribution in [3.63, 3.8) is 0 Å². The Morgan fingerprint density at radius 1 is 1.08 bits per heavy atom. The largest absolute Gasteiger partial charge is 0.480 e. The number of hydrogen-bond acceptors (Lipinski definition) is 4. The Balaban J connectivity index is 1.83. The average Bonchev–Trinajstić information content (AvgIpc) is 2.61. The van der Waals surface area contributed by atoms with Crippen molar-refractivity contribution in [1.82, 2.24) is 0 Å². The van der Waals surface area contributed by atoms with Crippen molar-refractivity contribution in [3.8, 4) is 5.75 Å². The molecule has 0 spiro atoms. The summed E-state index contributed by atoms with van der Waals surface area (Å²) < 4.78 is 49.1. The summed E-state index contributed by atoms with van der Waals surface area (Å²) in [6.45, 7) is 0.543. The van der Waals surface area contributed by atoms with E-state index in [1.54, 1.807) is 18.2 Å². The van der Waals surface area contributed by atoms with Gasteiger partial charge in [0.15, 0.2) is 30.7 Å². The fourth-order valence-electron chi connectivity index (χ4n) is 1.85. The first kappa shape index (κ1) is 19.6. The maximum Gasteiger partial charge on any atom is 0.344 e. The highest BCUT2D eigenvalue weighted by atomic mass is 35.5. The molecule has 2 aromatic rings. The highest BCUT2D eigenvalue weighted by Gasteiger charge is 2.16. The second kappa shape index (κ2) is 8.57. The summed E-state index contributed by atoms with van der Waals surface area (Å²) in [5.74, 6) is -6.19. The number of rotatable bonds is 6. The van der Waals surface area contributed by atoms with Crippen LogP contribution in [0.5, 0.6) is 5.75 Å². The Kier molecular flexibility index (Phi) is 6.46. The van der Waals surface area contributed by atoms with Crippen molar-refractivity contribution in [2.75, 3.05) is 18.5 Å². The van der Waals surface area contributed by atoms with Crippen LogP contribution in [0.1, 0.15) is 5.56 Å². The topological polar surface area (TPSA) is 64.6 Å². The normalized spacial score (nSPS) is 10.3. The molecule has 2 aromatic carbocycles. The molecule has 9 heteroatoms. The Morgan fingerprint density at radius 2 is 1.81 bits per heavy atom. The molecular formula is C17H13ClF3NO4. The Bertz CT molecular complexity index is 845. The van der Waals surface area contributed by atoms with Crippen LogP contribution in [0.3, 0.4) is 0 Å². The fraction of sp³-hybridized carbons (Fsp3) is 0.176. The van der Waals surface area contributed by atoms with Gasteiger partial charge in [-0.15, -0.1) is 0 Å². The van der Waals surface area contributed by atoms with Crippen LogP contribution < -0.4 is 10.1 Å². The number of hydrogen-bond donors (Lipinski definition) is 1. The molecular weight excluding hydrogens is 375 g/mol. The van der Waals surface area contributed by atoms with Crippen LogP contribution in [0.25, 0.3) is 0 Å². The molecule has 0 aliphatic heterocycles. The van der Waals surface area contributed by atoms with Gasteiger partial charge < -0.3 is 14.8 Å². The number of amides is 1. The van der Waals surface area contributed by atoms with E-state index in [9.17, 15) is 22.8 Å². The number of aryl methyl sites for hydroxylation is 1. The fourth-order valence-corrected chi connectivity index (χ4v) is 2.03. The lowest BCUT2D eigenvalue weighted by atomic mass is 10.2. The molecule has 5 nitrogen and oxygen atoms in total. The van der Waals surface area contributed by atoms with Crippen LogP contribution in [0, 0.1) is 24.4 Å². The second-order valence-electron chi connectivity index (χ2n) is 5.15. The molecule has 1 amide bonds. The van der Waals surface area contributed by atoms with E-state index in [1.807, 2.05) is 12.2 Å². The van der Waals surface area contributed by atoms with Crippen LogP contribution in [0.4, 0.5) is 18.9 Å². The third kappa shape index (κ3) is 5.13. The van der Waals surface area contributed by atoms with Gasteiger partial charge in [-0.05, 0) is 36.8 Å². The van der Waals surface area contributed by atoms with E-state index in [1.165, 1.54) is 0 Å². The van der Waals surface area contributed by atoms with Gasteiger partial charge in [-0.2, -0.15) is 0 Å². The third-order valence-corrected chi connectivity index (χ3v) is 3.42. The molecule has 1 N–H and O–H groups in total. The van der Waals surface area contributed by atoms with Crippen molar-refractivity contribution in [1.29, 1.82) is 0 Å². The predicted molar refractivity (Wildman–Crippen MR) is 87.6 cm³/mol. The van der Waals surface area contributed by atoms with Gasteiger partial charge in [0, 0.05) is 0 Å². The smallest absolute Gasteiger partial charge is 0.344 e. The molecule has 0 unspecified atom stereocenters. The van der Waals surface area contributed by atoms with Gasteiger partial charge in [-0.25, -0.2) is 18.0 Å². The Labute approximate surface area is 151 Å². The maximum absolute atomic E-state index is 13.4. The molecule has 0 saturated carbocycles. The summed E-state index contributed by atoms with van der Waals surface area (Å²) in [6, 6.07) is 6.47. The zero-order chi connectivity index (χ0) is 19.3. The lowest BCUT2D eigenvalue weighted by molar-refractivity contribution is -0.149. The molecule has 2 rings (SSSR count). The number of carbonyl (C=O) groups excluding carboxylic acids is 2. The molecule has 26 heavy (non-hydrogen) atoms. The summed E-state index contributed by atoms with van der Waals surface area (Å²) >= 11 is 5.90. The Morgan fingerprint density at radius 3 is 2.54 bits per heavy atom. The minimum Gasteiger partial charge on any atom is -0.480 e. The van der Waals surface area contributed by atoms with E-state index in [-0.39, 0.29) is 5.75 Å². The second-order valence-corrected chi connectivity index (χ2v) is 5.56. The summed E-state index contributed by atoms with van der Waals surface area (Å²) in [4.78, 5) is 23.2. The van der Waals surface area contributed by atoms with Gasteiger partial charge >= 0.3 is 5.97 Å². The SMILES string of the molecule is Cc1ccc(Cl)c(OCC(=O)OCC(=O)Nc2ccc(F)c(F)c2F)c1. The van der Waals surface area contributed by atoms with Crippen LogP contribution in [0.2, 0.25) is 5.02 Å². The van der Waals surface area contributed by atoms with Crippen LogP contribution in [-0.2, 0) is 14.3 Å². The van der Waals surface area contributed by atoms with Crippen molar-refractivity contribution in [3.05, 3.63) is 58.4 Å². The molecule has 138 valence electrons. The summed E-state index contributed by atoms with van der Waals surface area (Å²) in [5, 5.41) is 2.27. The van der Waals surface area contributed by atoms with E-state index >= 15 is 0 Å². The van der Waals surface area contributed by atoms with Gasteiger partial charge in [0.25, 0.3) is 5.91 Å². The molecule has 0 radical (unpaired) electrons. The van der Waals surface area contributed by atoms with E-state index in [4.69, 9.17) is 16.3 Å². The quantitative estimate of drug-likeness (QED) is 0.607. The number of halogens is 4. The summed E-state index contributed by atoms with van der Waals surface area (Å²) in [5.41, 5.74) is 0.290. The van der Waals surface area contributed by atoms with Crippen molar-refractivity contribution < 1.29 is 32.2 Å². The maximum atomic E-state index is 13.4. The minimum atomic E-state index is -1.72. The summed E-state index contributed by atoms with van der Waals surface area (Å²) in [6.07, 6.45) is 0. The molecule has 0 atom stereocenters. The monoisotopic (exact) mass is 387 g/mol. The number of benzene rings is 2. The molecule has 0 fully saturated rings. The summed E-state index contributed by atoms with van der Waals surface area (Å²) in [7, 11) is 0. The molecule has 0 saturated heterocycles. The van der Waals surface area contributed by atoms with Crippen LogP contribution >= 0.6 is 11.6 Å². The molecule has 0 bridgehead atoms. The van der Waals surface area contributed by atoms with E-state index in [0.717, 1.165) is 11.6 Å². The van der Waals surface area contributed by atoms with Crippen molar-refractivity contribution >= 4 is 29.2 Å². The number of carbonyl (C=O) groups is 2. The number of nitrogens with one attached hydrogen (secondary N) is 1. The number of ether oxygens (including phenoxy) is 2. The lowest BCUT2D eigenvalue weighted by Gasteiger charge is -2.10. The molecule has 0 heterocycles.